The van der Waals surface area contributed by atoms with Crippen LogP contribution in [0.15, 0.2) is 18.2 Å². The Labute approximate surface area is 109 Å². The topological polar surface area (TPSA) is 43.8 Å². The Morgan fingerprint density at radius 3 is 2.39 bits per heavy atom. The Kier molecular flexibility index (Phi) is 3.16. The molecule has 2 rings (SSSR count). The molecule has 0 saturated carbocycles. The first kappa shape index (κ1) is 12.7. The molecule has 0 aliphatic carbocycles. The molecule has 2 aromatic rings. The summed E-state index contributed by atoms with van der Waals surface area (Å²) < 4.78 is 1.74. The van der Waals surface area contributed by atoms with E-state index in [1.165, 1.54) is 16.7 Å². The van der Waals surface area contributed by atoms with E-state index in [4.69, 9.17) is 5.73 Å². The predicted molar refractivity (Wildman–Crippen MR) is 76.6 cm³/mol. The summed E-state index contributed by atoms with van der Waals surface area (Å²) in [7, 11) is 1.88. The van der Waals surface area contributed by atoms with Gasteiger partial charge in [-0.15, -0.1) is 0 Å². The normalized spacial score (nSPS) is 11.2. The van der Waals surface area contributed by atoms with Gasteiger partial charge in [0.05, 0.1) is 5.69 Å². The third kappa shape index (κ3) is 2.01. The van der Waals surface area contributed by atoms with Crippen LogP contribution in [0, 0.1) is 13.8 Å². The van der Waals surface area contributed by atoms with Gasteiger partial charge in [0.1, 0.15) is 5.82 Å². The van der Waals surface area contributed by atoms with Crippen molar-refractivity contribution in [1.82, 2.24) is 9.78 Å². The summed E-state index contributed by atoms with van der Waals surface area (Å²) in [6, 6.07) is 6.59. The molecule has 2 N–H and O–H groups in total. The molecule has 0 bridgehead atoms. The summed E-state index contributed by atoms with van der Waals surface area (Å²) in [6.45, 7) is 8.53. The van der Waals surface area contributed by atoms with E-state index in [0.717, 1.165) is 17.1 Å². The van der Waals surface area contributed by atoms with Crippen LogP contribution in [0.25, 0.3) is 11.1 Å². The van der Waals surface area contributed by atoms with Crippen molar-refractivity contribution in [2.24, 2.45) is 7.05 Å². The first-order chi connectivity index (χ1) is 8.41. The number of anilines is 1. The first-order valence-corrected chi connectivity index (χ1v) is 6.31. The summed E-state index contributed by atoms with van der Waals surface area (Å²) >= 11 is 0. The monoisotopic (exact) mass is 243 g/mol. The number of benzene rings is 1. The number of hydrogen-bond donors (Lipinski definition) is 1. The standard InChI is InChI=1S/C15H21N3/c1-9(2)12-7-6-10(3)13(8-12)14-11(4)17-18(5)15(14)16/h6-9H,16H2,1-5H3. The Morgan fingerprint density at radius 1 is 1.22 bits per heavy atom. The lowest BCUT2D eigenvalue weighted by Crippen LogP contribution is -1.99. The van der Waals surface area contributed by atoms with Gasteiger partial charge in [-0.25, -0.2) is 0 Å². The average molecular weight is 243 g/mol. The van der Waals surface area contributed by atoms with Crippen LogP contribution in [0.3, 0.4) is 0 Å². The molecule has 3 heteroatoms. The largest absolute Gasteiger partial charge is 0.383 e. The number of nitrogens with two attached hydrogens (primary N) is 1. The van der Waals surface area contributed by atoms with E-state index in [1.54, 1.807) is 4.68 Å². The molecule has 0 fully saturated rings. The van der Waals surface area contributed by atoms with Gasteiger partial charge in [-0.1, -0.05) is 32.0 Å². The highest BCUT2D eigenvalue weighted by atomic mass is 15.3. The van der Waals surface area contributed by atoms with Crippen molar-refractivity contribution in [2.75, 3.05) is 5.73 Å². The van der Waals surface area contributed by atoms with Gasteiger partial charge in [-0.05, 0) is 36.5 Å². The number of hydrogen-bond acceptors (Lipinski definition) is 2. The fourth-order valence-corrected chi connectivity index (χ4v) is 2.28. The van der Waals surface area contributed by atoms with Gasteiger partial charge in [0.25, 0.3) is 0 Å². The van der Waals surface area contributed by atoms with Gasteiger partial charge in [0.15, 0.2) is 0 Å². The maximum atomic E-state index is 6.13. The lowest BCUT2D eigenvalue weighted by molar-refractivity contribution is 0.767. The SMILES string of the molecule is Cc1ccc(C(C)C)cc1-c1c(C)nn(C)c1N. The molecule has 0 aliphatic heterocycles. The van der Waals surface area contributed by atoms with E-state index >= 15 is 0 Å². The number of rotatable bonds is 2. The van der Waals surface area contributed by atoms with Crippen LogP contribution < -0.4 is 5.73 Å². The van der Waals surface area contributed by atoms with Gasteiger partial charge in [-0.3, -0.25) is 4.68 Å². The zero-order chi connectivity index (χ0) is 13.4. The zero-order valence-corrected chi connectivity index (χ0v) is 11.8. The Bertz CT molecular complexity index is 580. The molecule has 3 nitrogen and oxygen atoms in total. The lowest BCUT2D eigenvalue weighted by Gasteiger charge is -2.11. The summed E-state index contributed by atoms with van der Waals surface area (Å²) in [4.78, 5) is 0. The van der Waals surface area contributed by atoms with Crippen LogP contribution >= 0.6 is 0 Å². The summed E-state index contributed by atoms with van der Waals surface area (Å²) in [5.74, 6) is 1.25. The minimum atomic E-state index is 0.516. The molecule has 96 valence electrons. The van der Waals surface area contributed by atoms with Crippen LogP contribution in [0.5, 0.6) is 0 Å². The summed E-state index contributed by atoms with van der Waals surface area (Å²) in [5, 5.41) is 4.39. The summed E-state index contributed by atoms with van der Waals surface area (Å²) in [6.07, 6.45) is 0. The van der Waals surface area contributed by atoms with E-state index in [0.29, 0.717) is 5.92 Å². The van der Waals surface area contributed by atoms with Crippen LogP contribution in [0.4, 0.5) is 5.82 Å². The summed E-state index contributed by atoms with van der Waals surface area (Å²) in [5.41, 5.74) is 12.0. The second kappa shape index (κ2) is 4.48. The van der Waals surface area contributed by atoms with Crippen molar-refractivity contribution in [3.63, 3.8) is 0 Å². The number of aryl methyl sites for hydroxylation is 3. The second-order valence-electron chi connectivity index (χ2n) is 5.20. The fourth-order valence-electron chi connectivity index (χ4n) is 2.28. The minimum absolute atomic E-state index is 0.516. The van der Waals surface area contributed by atoms with Gasteiger partial charge in [-0.2, -0.15) is 5.10 Å². The van der Waals surface area contributed by atoms with Crippen molar-refractivity contribution < 1.29 is 0 Å². The van der Waals surface area contributed by atoms with Crippen molar-refractivity contribution in [1.29, 1.82) is 0 Å². The predicted octanol–water partition coefficient (Wildman–Crippen LogP) is 3.41. The first-order valence-electron chi connectivity index (χ1n) is 6.31. The molecule has 1 aromatic carbocycles. The highest BCUT2D eigenvalue weighted by molar-refractivity contribution is 5.79. The Hall–Kier alpha value is -1.77. The minimum Gasteiger partial charge on any atom is -0.383 e. The van der Waals surface area contributed by atoms with E-state index < -0.39 is 0 Å². The lowest BCUT2D eigenvalue weighted by atomic mass is 9.94. The average Bonchev–Trinajstić information content (AvgIpc) is 2.54. The molecule has 0 amide bonds. The Morgan fingerprint density at radius 2 is 1.89 bits per heavy atom. The van der Waals surface area contributed by atoms with Crippen LogP contribution in [0.1, 0.15) is 36.6 Å². The van der Waals surface area contributed by atoms with E-state index in [-0.39, 0.29) is 0 Å². The van der Waals surface area contributed by atoms with E-state index in [2.05, 4.69) is 44.1 Å². The molecule has 18 heavy (non-hydrogen) atoms. The highest BCUT2D eigenvalue weighted by Crippen LogP contribution is 2.33. The second-order valence-corrected chi connectivity index (χ2v) is 5.20. The molecule has 0 atom stereocenters. The molecule has 0 unspecified atom stereocenters. The van der Waals surface area contributed by atoms with Gasteiger partial charge < -0.3 is 5.73 Å². The van der Waals surface area contributed by atoms with Gasteiger partial charge in [0, 0.05) is 12.6 Å². The maximum Gasteiger partial charge on any atom is 0.129 e. The van der Waals surface area contributed by atoms with Crippen molar-refractivity contribution >= 4 is 5.82 Å². The number of nitrogens with zero attached hydrogens (tertiary/aromatic N) is 2. The molecular formula is C15H21N3. The maximum absolute atomic E-state index is 6.13. The Balaban J connectivity index is 2.66. The van der Waals surface area contributed by atoms with Crippen molar-refractivity contribution in [3.8, 4) is 11.1 Å². The zero-order valence-electron chi connectivity index (χ0n) is 11.8. The van der Waals surface area contributed by atoms with Gasteiger partial charge >= 0.3 is 0 Å². The number of aromatic nitrogens is 2. The van der Waals surface area contributed by atoms with Crippen molar-refractivity contribution in [2.45, 2.75) is 33.6 Å². The van der Waals surface area contributed by atoms with Gasteiger partial charge in [0.2, 0.25) is 0 Å². The van der Waals surface area contributed by atoms with Crippen LogP contribution in [-0.2, 0) is 7.05 Å². The molecule has 0 spiro atoms. The fraction of sp³-hybridized carbons (Fsp3) is 0.400. The van der Waals surface area contributed by atoms with Crippen molar-refractivity contribution in [3.05, 3.63) is 35.0 Å². The quantitative estimate of drug-likeness (QED) is 0.878. The third-order valence-corrected chi connectivity index (χ3v) is 3.46. The van der Waals surface area contributed by atoms with E-state index in [1.807, 2.05) is 14.0 Å². The molecule has 0 radical (unpaired) electrons. The third-order valence-electron chi connectivity index (χ3n) is 3.46. The molecule has 1 aromatic heterocycles. The molecular weight excluding hydrogens is 222 g/mol. The molecule has 1 heterocycles. The van der Waals surface area contributed by atoms with Crippen LogP contribution in [-0.4, -0.2) is 9.78 Å². The smallest absolute Gasteiger partial charge is 0.129 e. The van der Waals surface area contributed by atoms with E-state index in [9.17, 15) is 0 Å². The molecule has 0 aliphatic rings. The highest BCUT2D eigenvalue weighted by Gasteiger charge is 2.15. The van der Waals surface area contributed by atoms with Crippen LogP contribution in [0.2, 0.25) is 0 Å². The molecule has 0 saturated heterocycles. The number of nitrogen functional groups attached to an aromatic ring is 1.